The molecule has 1 aromatic carbocycles. The largest absolute Gasteiger partial charge is 0.455 e. The van der Waals surface area contributed by atoms with Crippen molar-refractivity contribution in [3.63, 3.8) is 0 Å². The molecule has 0 aromatic heterocycles. The normalized spacial score (nSPS) is 20.1. The molecular weight excluding hydrogens is 396 g/mol. The van der Waals surface area contributed by atoms with E-state index in [0.29, 0.717) is 23.3 Å². The van der Waals surface area contributed by atoms with E-state index in [1.807, 2.05) is 30.3 Å². The second kappa shape index (κ2) is 10.2. The first-order valence-corrected chi connectivity index (χ1v) is 16.5. The molecule has 0 saturated carbocycles. The van der Waals surface area contributed by atoms with Crippen LogP contribution in [0.25, 0.3) is 0 Å². The van der Waals surface area contributed by atoms with E-state index in [0.717, 1.165) is 5.56 Å². The summed E-state index contributed by atoms with van der Waals surface area (Å²) < 4.78 is 17.2. The molecule has 4 nitrogen and oxygen atoms in total. The molecule has 168 valence electrons. The molecule has 29 heavy (non-hydrogen) atoms. The van der Waals surface area contributed by atoms with Gasteiger partial charge in [0.2, 0.25) is 0 Å². The molecule has 0 bridgehead atoms. The molecular formula is C23H44O4Si2. The van der Waals surface area contributed by atoms with E-state index in [4.69, 9.17) is 18.7 Å². The second-order valence-electron chi connectivity index (χ2n) is 11.0. The van der Waals surface area contributed by atoms with Crippen molar-refractivity contribution in [2.45, 2.75) is 96.6 Å². The molecule has 2 rings (SSSR count). The van der Waals surface area contributed by atoms with Gasteiger partial charge in [-0.05, 0) is 41.8 Å². The highest BCUT2D eigenvalue weighted by molar-refractivity contribution is 6.87. The molecule has 1 heterocycles. The molecule has 0 amide bonds. The Morgan fingerprint density at radius 2 is 1.34 bits per heavy atom. The van der Waals surface area contributed by atoms with Crippen molar-refractivity contribution in [1.82, 2.24) is 0 Å². The predicted octanol–water partition coefficient (Wildman–Crippen LogP) is 5.98. The van der Waals surface area contributed by atoms with Crippen molar-refractivity contribution < 1.29 is 18.7 Å². The van der Waals surface area contributed by atoms with Gasteiger partial charge in [-0.15, -0.1) is 0 Å². The Morgan fingerprint density at radius 1 is 0.862 bits per heavy atom. The third-order valence-electron chi connectivity index (χ3n) is 6.38. The van der Waals surface area contributed by atoms with Crippen molar-refractivity contribution in [3.05, 3.63) is 35.9 Å². The quantitative estimate of drug-likeness (QED) is 0.419. The van der Waals surface area contributed by atoms with Crippen LogP contribution in [0.5, 0.6) is 0 Å². The lowest BCUT2D eigenvalue weighted by atomic mass is 10.2. The molecule has 1 aliphatic rings. The number of epoxide rings is 1. The Balaban J connectivity index is 0.000000290. The molecule has 6 heteroatoms. The minimum Gasteiger partial charge on any atom is -0.455 e. The first-order chi connectivity index (χ1) is 13.1. The first kappa shape index (κ1) is 26.5. The molecule has 0 radical (unpaired) electrons. The van der Waals surface area contributed by atoms with Crippen LogP contribution >= 0.6 is 0 Å². The zero-order valence-corrected chi connectivity index (χ0v) is 22.3. The maximum atomic E-state index is 8.71. The lowest BCUT2D eigenvalue weighted by molar-refractivity contribution is 0.104. The average Bonchev–Trinajstić information content (AvgIpc) is 3.32. The molecule has 1 aromatic rings. The molecule has 1 N–H and O–H groups in total. The van der Waals surface area contributed by atoms with Crippen molar-refractivity contribution in [2.75, 3.05) is 13.2 Å². The fraction of sp³-hybridized carbons (Fsp3) is 0.739. The number of aliphatic hydroxyl groups is 1. The Hall–Kier alpha value is -0.506. The average molecular weight is 441 g/mol. The van der Waals surface area contributed by atoms with Crippen LogP contribution in [0.4, 0.5) is 0 Å². The molecule has 2 atom stereocenters. The summed E-state index contributed by atoms with van der Waals surface area (Å²) in [5, 5.41) is 9.36. The van der Waals surface area contributed by atoms with E-state index in [9.17, 15) is 0 Å². The van der Waals surface area contributed by atoms with Crippen LogP contribution < -0.4 is 0 Å². The molecule has 0 spiro atoms. The van der Waals surface area contributed by atoms with Gasteiger partial charge in [-0.25, -0.2) is 0 Å². The Kier molecular flexibility index (Phi) is 9.33. The van der Waals surface area contributed by atoms with Gasteiger partial charge in [-0.3, -0.25) is 0 Å². The van der Waals surface area contributed by atoms with Crippen LogP contribution in [0.3, 0.4) is 0 Å². The lowest BCUT2D eigenvalue weighted by Gasteiger charge is -2.47. The van der Waals surface area contributed by atoms with Crippen LogP contribution in [0.1, 0.15) is 47.1 Å². The van der Waals surface area contributed by atoms with Crippen molar-refractivity contribution in [2.24, 2.45) is 0 Å². The number of ether oxygens (including phenoxy) is 2. The summed E-state index contributed by atoms with van der Waals surface area (Å²) in [7, 11) is -3.18. The molecule has 1 aliphatic heterocycles. The minimum atomic E-state index is -1.59. The maximum Gasteiger partial charge on any atom is 0.178 e. The number of hydrogen-bond acceptors (Lipinski definition) is 4. The summed E-state index contributed by atoms with van der Waals surface area (Å²) in [5.74, 6) is 0. The molecule has 0 aliphatic carbocycles. The molecule has 1 fully saturated rings. The minimum absolute atomic E-state index is 0.00535. The van der Waals surface area contributed by atoms with E-state index in [1.165, 1.54) is 0 Å². The number of aliphatic hydroxyl groups excluding tert-OH is 1. The topological polar surface area (TPSA) is 51.2 Å². The van der Waals surface area contributed by atoms with Crippen molar-refractivity contribution >= 4 is 16.6 Å². The summed E-state index contributed by atoms with van der Waals surface area (Å²) in [6.07, 6.45) is 0.106. The van der Waals surface area contributed by atoms with Crippen molar-refractivity contribution in [3.8, 4) is 0 Å². The van der Waals surface area contributed by atoms with Gasteiger partial charge >= 0.3 is 0 Å². The van der Waals surface area contributed by atoms with Gasteiger partial charge in [0.1, 0.15) is 12.2 Å². The summed E-state index contributed by atoms with van der Waals surface area (Å²) in [6, 6.07) is 10.0. The van der Waals surface area contributed by atoms with E-state index in [1.54, 1.807) is 0 Å². The summed E-state index contributed by atoms with van der Waals surface area (Å²) in [4.78, 5) is 0. The van der Waals surface area contributed by atoms with Crippen LogP contribution in [0, 0.1) is 0 Å². The van der Waals surface area contributed by atoms with Crippen LogP contribution in [-0.2, 0) is 20.2 Å². The standard InChI is InChI=1S/C12H30OSi2.C11H14O3/c1-11(2,3)14(7,8)13-15(9,10)12(4,5)6;12-6-10-11(14-10)8-13-7-9-4-2-1-3-5-9/h1-10H3;1-5,10-12H,6-8H2/t;10-,11-/m.0/s1. The third-order valence-corrected chi connectivity index (χ3v) is 17.7. The molecule has 1 saturated heterocycles. The zero-order chi connectivity index (χ0) is 22.5. The Bertz CT molecular complexity index is 580. The fourth-order valence-electron chi connectivity index (χ4n) is 2.30. The number of benzene rings is 1. The summed E-state index contributed by atoms with van der Waals surface area (Å²) in [6.45, 7) is 24.6. The highest BCUT2D eigenvalue weighted by Crippen LogP contribution is 2.44. The predicted molar refractivity (Wildman–Crippen MR) is 127 cm³/mol. The summed E-state index contributed by atoms with van der Waals surface area (Å²) in [5.41, 5.74) is 1.16. The van der Waals surface area contributed by atoms with Gasteiger partial charge < -0.3 is 18.7 Å². The van der Waals surface area contributed by atoms with E-state index >= 15 is 0 Å². The highest BCUT2D eigenvalue weighted by Gasteiger charge is 2.46. The SMILES string of the molecule is CC(C)(C)[Si](C)(C)O[Si](C)(C)C(C)(C)C.OC[C@@H]1O[C@H]1COCc1ccccc1. The van der Waals surface area contributed by atoms with Crippen LogP contribution in [-0.4, -0.2) is 47.2 Å². The van der Waals surface area contributed by atoms with E-state index in [-0.39, 0.29) is 18.8 Å². The number of rotatable bonds is 7. The van der Waals surface area contributed by atoms with Gasteiger partial charge in [0.05, 0.1) is 19.8 Å². The van der Waals surface area contributed by atoms with Gasteiger partial charge in [0.25, 0.3) is 0 Å². The van der Waals surface area contributed by atoms with E-state index < -0.39 is 16.6 Å². The van der Waals surface area contributed by atoms with E-state index in [2.05, 4.69) is 67.7 Å². The van der Waals surface area contributed by atoms with Gasteiger partial charge in [0.15, 0.2) is 16.6 Å². The smallest absolute Gasteiger partial charge is 0.178 e. The molecule has 0 unspecified atom stereocenters. The maximum absolute atomic E-state index is 8.71. The number of hydrogen-bond donors (Lipinski definition) is 1. The Morgan fingerprint density at radius 3 is 1.72 bits per heavy atom. The zero-order valence-electron chi connectivity index (χ0n) is 20.3. The monoisotopic (exact) mass is 440 g/mol. The van der Waals surface area contributed by atoms with Gasteiger partial charge in [0, 0.05) is 0 Å². The van der Waals surface area contributed by atoms with Crippen LogP contribution in [0.2, 0.25) is 36.3 Å². The third kappa shape index (κ3) is 8.63. The van der Waals surface area contributed by atoms with Gasteiger partial charge in [-0.2, -0.15) is 0 Å². The second-order valence-corrected chi connectivity index (χ2v) is 20.9. The fourth-order valence-corrected chi connectivity index (χ4v) is 9.85. The Labute approximate surface area is 181 Å². The summed E-state index contributed by atoms with van der Waals surface area (Å²) >= 11 is 0. The lowest BCUT2D eigenvalue weighted by Crippen LogP contribution is -2.53. The van der Waals surface area contributed by atoms with Gasteiger partial charge in [-0.1, -0.05) is 71.9 Å². The van der Waals surface area contributed by atoms with Crippen molar-refractivity contribution in [1.29, 1.82) is 0 Å². The highest BCUT2D eigenvalue weighted by atomic mass is 28.4. The first-order valence-electron chi connectivity index (χ1n) is 10.7. The van der Waals surface area contributed by atoms with Crippen LogP contribution in [0.15, 0.2) is 30.3 Å².